The molecule has 0 saturated carbocycles. The highest BCUT2D eigenvalue weighted by Crippen LogP contribution is 2.11. The lowest BCUT2D eigenvalue weighted by Gasteiger charge is -2.03. The van der Waals surface area contributed by atoms with Gasteiger partial charge in [-0.25, -0.2) is 0 Å². The first-order valence-corrected chi connectivity index (χ1v) is 4.66. The predicted octanol–water partition coefficient (Wildman–Crippen LogP) is 1.64. The second kappa shape index (κ2) is 4.32. The summed E-state index contributed by atoms with van der Waals surface area (Å²) in [5.41, 5.74) is 1.87. The molecular formula is C12H9N3O. The highest BCUT2D eigenvalue weighted by molar-refractivity contribution is 6.03. The van der Waals surface area contributed by atoms with Crippen LogP contribution in [0, 0.1) is 12.3 Å². The van der Waals surface area contributed by atoms with E-state index in [0.717, 1.165) is 5.56 Å². The van der Waals surface area contributed by atoms with Crippen molar-refractivity contribution in [2.24, 2.45) is 0 Å². The molecule has 0 bridgehead atoms. The lowest BCUT2D eigenvalue weighted by molar-refractivity contribution is 0.102. The smallest absolute Gasteiger partial charge is 0.258 e. The molecule has 4 nitrogen and oxygen atoms in total. The Morgan fingerprint density at radius 3 is 3.06 bits per heavy atom. The third-order valence-electron chi connectivity index (χ3n) is 2.05. The molecule has 0 unspecified atom stereocenters. The predicted molar refractivity (Wildman–Crippen MR) is 60.9 cm³/mol. The van der Waals surface area contributed by atoms with Gasteiger partial charge >= 0.3 is 0 Å². The van der Waals surface area contributed by atoms with Crippen LogP contribution in [0.2, 0.25) is 0 Å². The van der Waals surface area contributed by atoms with Gasteiger partial charge in [-0.1, -0.05) is 12.0 Å². The molecule has 16 heavy (non-hydrogen) atoms. The summed E-state index contributed by atoms with van der Waals surface area (Å²) in [6.45, 7) is 0. The van der Waals surface area contributed by atoms with Crippen LogP contribution in [-0.4, -0.2) is 16.1 Å². The Balaban J connectivity index is 2.16. The zero-order chi connectivity index (χ0) is 11.4. The van der Waals surface area contributed by atoms with Gasteiger partial charge in [0.25, 0.3) is 5.91 Å². The fraction of sp³-hybridized carbons (Fsp3) is 0. The largest absolute Gasteiger partial charge is 0.322 e. The molecule has 0 saturated heterocycles. The molecule has 0 radical (unpaired) electrons. The maximum atomic E-state index is 11.7. The molecule has 0 aliphatic rings. The van der Waals surface area contributed by atoms with Crippen LogP contribution >= 0.6 is 0 Å². The van der Waals surface area contributed by atoms with Gasteiger partial charge in [0, 0.05) is 17.4 Å². The van der Waals surface area contributed by atoms with E-state index in [0.29, 0.717) is 11.3 Å². The highest BCUT2D eigenvalue weighted by Gasteiger charge is 2.06. The molecular weight excluding hydrogens is 202 g/mol. The summed E-state index contributed by atoms with van der Waals surface area (Å²) in [4.78, 5) is 11.7. The third kappa shape index (κ3) is 2.10. The van der Waals surface area contributed by atoms with Crippen LogP contribution in [-0.2, 0) is 0 Å². The van der Waals surface area contributed by atoms with Crippen LogP contribution in [0.5, 0.6) is 0 Å². The average Bonchev–Trinajstić information content (AvgIpc) is 2.83. The maximum absolute atomic E-state index is 11.7. The number of amides is 1. The van der Waals surface area contributed by atoms with Gasteiger partial charge in [0.2, 0.25) is 0 Å². The van der Waals surface area contributed by atoms with E-state index in [2.05, 4.69) is 21.4 Å². The molecule has 0 aliphatic carbocycles. The van der Waals surface area contributed by atoms with Crippen molar-refractivity contribution in [1.29, 1.82) is 0 Å². The Labute approximate surface area is 92.7 Å². The zero-order valence-electron chi connectivity index (χ0n) is 8.40. The van der Waals surface area contributed by atoms with E-state index < -0.39 is 0 Å². The molecule has 1 amide bonds. The van der Waals surface area contributed by atoms with E-state index in [-0.39, 0.29) is 5.91 Å². The third-order valence-corrected chi connectivity index (χ3v) is 2.05. The van der Waals surface area contributed by atoms with E-state index in [9.17, 15) is 4.79 Å². The van der Waals surface area contributed by atoms with Crippen LogP contribution in [0.15, 0.2) is 36.7 Å². The Hall–Kier alpha value is -2.54. The van der Waals surface area contributed by atoms with E-state index >= 15 is 0 Å². The van der Waals surface area contributed by atoms with Crippen molar-refractivity contribution in [2.75, 3.05) is 5.32 Å². The van der Waals surface area contributed by atoms with Crippen molar-refractivity contribution in [3.63, 3.8) is 0 Å². The number of hydrogen-bond acceptors (Lipinski definition) is 2. The molecule has 2 aromatic rings. The number of hydrogen-bond donors (Lipinski definition) is 2. The number of benzene rings is 1. The fourth-order valence-corrected chi connectivity index (χ4v) is 1.27. The maximum Gasteiger partial charge on any atom is 0.258 e. The number of aromatic nitrogens is 2. The zero-order valence-corrected chi connectivity index (χ0v) is 8.40. The number of H-pyrrole nitrogens is 1. The van der Waals surface area contributed by atoms with E-state index in [1.807, 2.05) is 0 Å². The number of anilines is 1. The number of nitrogens with one attached hydrogen (secondary N) is 2. The lowest BCUT2D eigenvalue weighted by atomic mass is 10.2. The van der Waals surface area contributed by atoms with Crippen molar-refractivity contribution in [3.05, 3.63) is 47.8 Å². The van der Waals surface area contributed by atoms with Crippen molar-refractivity contribution < 1.29 is 4.79 Å². The SMILES string of the molecule is C#Cc1cccc(NC(=O)c2cn[nH]c2)c1. The molecule has 2 N–H and O–H groups in total. The summed E-state index contributed by atoms with van der Waals surface area (Å²) in [6, 6.07) is 7.10. The second-order valence-corrected chi connectivity index (χ2v) is 3.17. The van der Waals surface area contributed by atoms with Gasteiger partial charge in [0.15, 0.2) is 0 Å². The highest BCUT2D eigenvalue weighted by atomic mass is 16.1. The molecule has 2 rings (SSSR count). The molecule has 78 valence electrons. The van der Waals surface area contributed by atoms with E-state index in [1.165, 1.54) is 12.4 Å². The normalized spacial score (nSPS) is 9.44. The molecule has 0 atom stereocenters. The number of terminal acetylenes is 1. The van der Waals surface area contributed by atoms with Crippen LogP contribution in [0.4, 0.5) is 5.69 Å². The van der Waals surface area contributed by atoms with Gasteiger partial charge < -0.3 is 5.32 Å². The van der Waals surface area contributed by atoms with E-state index in [4.69, 9.17) is 6.42 Å². The van der Waals surface area contributed by atoms with Crippen molar-refractivity contribution >= 4 is 11.6 Å². The summed E-state index contributed by atoms with van der Waals surface area (Å²) in [6.07, 6.45) is 8.25. The van der Waals surface area contributed by atoms with E-state index in [1.54, 1.807) is 24.3 Å². The van der Waals surface area contributed by atoms with Crippen LogP contribution < -0.4 is 5.32 Å². The quantitative estimate of drug-likeness (QED) is 0.742. The molecule has 1 aromatic carbocycles. The number of rotatable bonds is 2. The Morgan fingerprint density at radius 2 is 2.38 bits per heavy atom. The fourth-order valence-electron chi connectivity index (χ4n) is 1.27. The molecule has 4 heteroatoms. The van der Waals surface area contributed by atoms with Gasteiger partial charge in [-0.15, -0.1) is 6.42 Å². The summed E-state index contributed by atoms with van der Waals surface area (Å²) in [5.74, 6) is 2.29. The van der Waals surface area contributed by atoms with Crippen molar-refractivity contribution in [1.82, 2.24) is 10.2 Å². The molecule has 0 fully saturated rings. The minimum absolute atomic E-state index is 0.220. The van der Waals surface area contributed by atoms with Crippen LogP contribution in [0.25, 0.3) is 0 Å². The first kappa shape index (κ1) is 9.99. The van der Waals surface area contributed by atoms with Gasteiger partial charge in [0.1, 0.15) is 0 Å². The lowest BCUT2D eigenvalue weighted by Crippen LogP contribution is -2.10. The summed E-state index contributed by atoms with van der Waals surface area (Å²) in [7, 11) is 0. The van der Waals surface area contributed by atoms with Crippen molar-refractivity contribution in [2.45, 2.75) is 0 Å². The van der Waals surface area contributed by atoms with Crippen LogP contribution in [0.1, 0.15) is 15.9 Å². The number of carbonyl (C=O) groups excluding carboxylic acids is 1. The second-order valence-electron chi connectivity index (χ2n) is 3.17. The van der Waals surface area contributed by atoms with Gasteiger partial charge in [-0.3, -0.25) is 9.89 Å². The first-order valence-electron chi connectivity index (χ1n) is 4.66. The van der Waals surface area contributed by atoms with Gasteiger partial charge in [-0.2, -0.15) is 5.10 Å². The number of nitrogens with zero attached hydrogens (tertiary/aromatic N) is 1. The first-order chi connectivity index (χ1) is 7.79. The Kier molecular flexibility index (Phi) is 2.70. The van der Waals surface area contributed by atoms with Gasteiger partial charge in [0.05, 0.1) is 11.8 Å². The summed E-state index contributed by atoms with van der Waals surface area (Å²) < 4.78 is 0. The number of carbonyl (C=O) groups is 1. The minimum Gasteiger partial charge on any atom is -0.322 e. The minimum atomic E-state index is -0.220. The number of aromatic amines is 1. The standard InChI is InChI=1S/C12H9N3O/c1-2-9-4-3-5-11(6-9)15-12(16)10-7-13-14-8-10/h1,3-8H,(H,13,14)(H,15,16). The molecule has 1 heterocycles. The Morgan fingerprint density at radius 1 is 1.50 bits per heavy atom. The summed E-state index contributed by atoms with van der Waals surface area (Å²) in [5, 5.41) is 9.00. The summed E-state index contributed by atoms with van der Waals surface area (Å²) >= 11 is 0. The Bertz CT molecular complexity index is 538. The molecule has 1 aromatic heterocycles. The van der Waals surface area contributed by atoms with Crippen LogP contribution in [0.3, 0.4) is 0 Å². The molecule has 0 aliphatic heterocycles. The molecule has 0 spiro atoms. The topological polar surface area (TPSA) is 57.8 Å². The van der Waals surface area contributed by atoms with Gasteiger partial charge in [-0.05, 0) is 18.2 Å². The van der Waals surface area contributed by atoms with Crippen molar-refractivity contribution in [3.8, 4) is 12.3 Å². The average molecular weight is 211 g/mol. The monoisotopic (exact) mass is 211 g/mol.